The van der Waals surface area contributed by atoms with Crippen molar-refractivity contribution >= 4 is 11.8 Å². The van der Waals surface area contributed by atoms with Crippen molar-refractivity contribution in [3.63, 3.8) is 0 Å². The Morgan fingerprint density at radius 3 is 2.62 bits per heavy atom. The predicted molar refractivity (Wildman–Crippen MR) is 60.8 cm³/mol. The van der Waals surface area contributed by atoms with E-state index in [1.807, 2.05) is 0 Å². The summed E-state index contributed by atoms with van der Waals surface area (Å²) in [4.78, 5) is 24.0. The molecule has 16 heavy (non-hydrogen) atoms. The maximum absolute atomic E-state index is 11.4. The maximum Gasteiger partial charge on any atom is 0.239 e. The molecule has 6 heteroatoms. The lowest BCUT2D eigenvalue weighted by atomic mass is 10.3. The molecule has 0 spiro atoms. The number of hydrogen-bond donors (Lipinski definition) is 2. The first kappa shape index (κ1) is 14.9. The molecular formula is C10H21N3O3. The number of hydrogen-bond acceptors (Lipinski definition) is 4. The van der Waals surface area contributed by atoms with Gasteiger partial charge in [0.25, 0.3) is 0 Å². The summed E-state index contributed by atoms with van der Waals surface area (Å²) >= 11 is 0. The Hall–Kier alpha value is -1.14. The number of methoxy groups -OCH3 is 1. The number of nitrogens with one attached hydrogen (secondary N) is 1. The van der Waals surface area contributed by atoms with Crippen LogP contribution >= 0.6 is 0 Å². The minimum absolute atomic E-state index is 0.0351. The molecule has 2 amide bonds. The largest absolute Gasteiger partial charge is 0.385 e. The van der Waals surface area contributed by atoms with Gasteiger partial charge in [0.05, 0.1) is 12.6 Å². The van der Waals surface area contributed by atoms with Crippen molar-refractivity contribution in [3.05, 3.63) is 0 Å². The van der Waals surface area contributed by atoms with Gasteiger partial charge in [-0.15, -0.1) is 0 Å². The number of amides is 2. The molecule has 0 saturated heterocycles. The van der Waals surface area contributed by atoms with E-state index in [0.29, 0.717) is 13.2 Å². The zero-order valence-electron chi connectivity index (χ0n) is 10.2. The van der Waals surface area contributed by atoms with Gasteiger partial charge in [0.15, 0.2) is 0 Å². The van der Waals surface area contributed by atoms with Gasteiger partial charge in [-0.05, 0) is 13.3 Å². The summed E-state index contributed by atoms with van der Waals surface area (Å²) in [6.07, 6.45) is 0.757. The van der Waals surface area contributed by atoms with Crippen LogP contribution in [0.15, 0.2) is 0 Å². The number of nitrogens with zero attached hydrogens (tertiary/aromatic N) is 1. The van der Waals surface area contributed by atoms with Gasteiger partial charge in [-0.1, -0.05) is 0 Å². The highest BCUT2D eigenvalue weighted by molar-refractivity contribution is 5.86. The first-order chi connectivity index (χ1) is 7.49. The number of likely N-dealkylation sites (N-methyl/N-ethyl adjacent to an activating group) is 1. The molecule has 0 heterocycles. The van der Waals surface area contributed by atoms with Crippen molar-refractivity contribution in [3.8, 4) is 0 Å². The van der Waals surface area contributed by atoms with E-state index in [9.17, 15) is 9.59 Å². The lowest BCUT2D eigenvalue weighted by Gasteiger charge is -2.18. The minimum Gasteiger partial charge on any atom is -0.385 e. The summed E-state index contributed by atoms with van der Waals surface area (Å²) in [6, 6.07) is -0.578. The van der Waals surface area contributed by atoms with Crippen LogP contribution < -0.4 is 11.1 Å². The SMILES string of the molecule is COCCCNC(=O)CN(C)C(=O)C(C)N. The summed E-state index contributed by atoms with van der Waals surface area (Å²) in [6.45, 7) is 2.78. The molecule has 0 aromatic carbocycles. The Labute approximate surface area is 96.1 Å². The fraction of sp³-hybridized carbons (Fsp3) is 0.800. The molecule has 0 aliphatic heterocycles. The van der Waals surface area contributed by atoms with Crippen LogP contribution in [0, 0.1) is 0 Å². The number of rotatable bonds is 7. The average molecular weight is 231 g/mol. The second-order valence-corrected chi connectivity index (χ2v) is 3.68. The van der Waals surface area contributed by atoms with Crippen LogP contribution in [0.25, 0.3) is 0 Å². The molecule has 0 aromatic rings. The molecule has 0 fully saturated rings. The van der Waals surface area contributed by atoms with Gasteiger partial charge in [0.1, 0.15) is 0 Å². The average Bonchev–Trinajstić information content (AvgIpc) is 2.23. The van der Waals surface area contributed by atoms with E-state index in [1.54, 1.807) is 21.1 Å². The van der Waals surface area contributed by atoms with Gasteiger partial charge in [0.2, 0.25) is 11.8 Å². The van der Waals surface area contributed by atoms with Crippen LogP contribution in [0.2, 0.25) is 0 Å². The summed E-state index contributed by atoms with van der Waals surface area (Å²) < 4.78 is 4.84. The zero-order valence-corrected chi connectivity index (χ0v) is 10.2. The molecular weight excluding hydrogens is 210 g/mol. The van der Waals surface area contributed by atoms with E-state index in [4.69, 9.17) is 10.5 Å². The molecule has 1 atom stereocenters. The van der Waals surface area contributed by atoms with Crippen LogP contribution in [0.1, 0.15) is 13.3 Å². The molecule has 0 bridgehead atoms. The topological polar surface area (TPSA) is 84.7 Å². The second-order valence-electron chi connectivity index (χ2n) is 3.68. The standard InChI is InChI=1S/C10H21N3O3/c1-8(11)10(15)13(2)7-9(14)12-5-4-6-16-3/h8H,4-7,11H2,1-3H3,(H,12,14). The molecule has 0 aliphatic carbocycles. The van der Waals surface area contributed by atoms with Crippen molar-refractivity contribution in [1.82, 2.24) is 10.2 Å². The number of ether oxygens (including phenoxy) is 1. The Morgan fingerprint density at radius 2 is 2.12 bits per heavy atom. The van der Waals surface area contributed by atoms with Gasteiger partial charge >= 0.3 is 0 Å². The molecule has 0 saturated carbocycles. The van der Waals surface area contributed by atoms with Gasteiger partial charge in [-0.25, -0.2) is 0 Å². The van der Waals surface area contributed by atoms with E-state index < -0.39 is 6.04 Å². The zero-order chi connectivity index (χ0) is 12.6. The lowest BCUT2D eigenvalue weighted by Crippen LogP contribution is -2.44. The van der Waals surface area contributed by atoms with Crippen molar-refractivity contribution in [2.75, 3.05) is 33.9 Å². The van der Waals surface area contributed by atoms with E-state index in [0.717, 1.165) is 6.42 Å². The number of nitrogens with two attached hydrogens (primary N) is 1. The predicted octanol–water partition coefficient (Wildman–Crippen LogP) is -1.06. The summed E-state index contributed by atoms with van der Waals surface area (Å²) in [5.74, 6) is -0.431. The van der Waals surface area contributed by atoms with Crippen LogP contribution in [0.3, 0.4) is 0 Å². The van der Waals surface area contributed by atoms with Crippen LogP contribution in [-0.2, 0) is 14.3 Å². The molecule has 0 rings (SSSR count). The van der Waals surface area contributed by atoms with Crippen LogP contribution in [-0.4, -0.2) is 56.6 Å². The fourth-order valence-electron chi connectivity index (χ4n) is 1.14. The summed E-state index contributed by atoms with van der Waals surface area (Å²) in [5, 5.41) is 2.69. The van der Waals surface area contributed by atoms with E-state index >= 15 is 0 Å². The van der Waals surface area contributed by atoms with Crippen molar-refractivity contribution in [2.45, 2.75) is 19.4 Å². The Morgan fingerprint density at radius 1 is 1.50 bits per heavy atom. The molecule has 0 aromatic heterocycles. The quantitative estimate of drug-likeness (QED) is 0.547. The third-order valence-electron chi connectivity index (χ3n) is 1.99. The molecule has 0 radical (unpaired) electrons. The first-order valence-corrected chi connectivity index (χ1v) is 5.25. The normalized spacial score (nSPS) is 12.0. The van der Waals surface area contributed by atoms with Crippen molar-refractivity contribution in [2.24, 2.45) is 5.73 Å². The summed E-state index contributed by atoms with van der Waals surface area (Å²) in [5.41, 5.74) is 5.41. The number of carbonyl (C=O) groups excluding carboxylic acids is 2. The maximum atomic E-state index is 11.4. The summed E-state index contributed by atoms with van der Waals surface area (Å²) in [7, 11) is 3.16. The molecule has 3 N–H and O–H groups in total. The second kappa shape index (κ2) is 8.06. The van der Waals surface area contributed by atoms with Gasteiger partial charge < -0.3 is 20.7 Å². The van der Waals surface area contributed by atoms with E-state index in [-0.39, 0.29) is 18.4 Å². The van der Waals surface area contributed by atoms with Crippen LogP contribution in [0.4, 0.5) is 0 Å². The highest BCUT2D eigenvalue weighted by Gasteiger charge is 2.15. The highest BCUT2D eigenvalue weighted by Crippen LogP contribution is 1.89. The highest BCUT2D eigenvalue weighted by atomic mass is 16.5. The Balaban J connectivity index is 3.74. The van der Waals surface area contributed by atoms with E-state index in [1.165, 1.54) is 4.90 Å². The van der Waals surface area contributed by atoms with Crippen molar-refractivity contribution in [1.29, 1.82) is 0 Å². The molecule has 1 unspecified atom stereocenters. The number of carbonyl (C=O) groups is 2. The third-order valence-corrected chi connectivity index (χ3v) is 1.99. The minimum atomic E-state index is -0.578. The Bertz CT molecular complexity index is 231. The Kier molecular flexibility index (Phi) is 7.49. The third kappa shape index (κ3) is 6.36. The smallest absolute Gasteiger partial charge is 0.239 e. The van der Waals surface area contributed by atoms with Gasteiger partial charge in [-0.2, -0.15) is 0 Å². The lowest BCUT2D eigenvalue weighted by molar-refractivity contribution is -0.135. The monoisotopic (exact) mass is 231 g/mol. The molecule has 0 aliphatic rings. The van der Waals surface area contributed by atoms with Crippen LogP contribution in [0.5, 0.6) is 0 Å². The van der Waals surface area contributed by atoms with Gasteiger partial charge in [0, 0.05) is 27.3 Å². The van der Waals surface area contributed by atoms with E-state index in [2.05, 4.69) is 5.32 Å². The first-order valence-electron chi connectivity index (χ1n) is 5.25. The van der Waals surface area contributed by atoms with Crippen molar-refractivity contribution < 1.29 is 14.3 Å². The fourth-order valence-corrected chi connectivity index (χ4v) is 1.14. The van der Waals surface area contributed by atoms with Gasteiger partial charge in [-0.3, -0.25) is 9.59 Å². The molecule has 6 nitrogen and oxygen atoms in total. The molecule has 94 valence electrons.